The minimum Gasteiger partial charge on any atom is -0.454 e. The Kier molecular flexibility index (Phi) is 2.95. The van der Waals surface area contributed by atoms with E-state index in [1.165, 1.54) is 0 Å². The molecule has 84 valence electrons. The van der Waals surface area contributed by atoms with Crippen molar-refractivity contribution in [1.82, 2.24) is 0 Å². The molecule has 0 saturated carbocycles. The lowest BCUT2D eigenvalue weighted by Gasteiger charge is -1.98. The van der Waals surface area contributed by atoms with Crippen LogP contribution in [0.5, 0.6) is 11.5 Å². The Hall–Kier alpha value is -1.76. The minimum absolute atomic E-state index is 0.0314. The van der Waals surface area contributed by atoms with Crippen molar-refractivity contribution >= 4 is 28.1 Å². The van der Waals surface area contributed by atoms with Gasteiger partial charge >= 0.3 is 0 Å². The third kappa shape index (κ3) is 2.25. The molecule has 0 bridgehead atoms. The van der Waals surface area contributed by atoms with Gasteiger partial charge in [-0.1, -0.05) is 0 Å². The summed E-state index contributed by atoms with van der Waals surface area (Å²) in [6.45, 7) is 0.235. The van der Waals surface area contributed by atoms with Crippen LogP contribution in [0.25, 0.3) is 0 Å². The largest absolute Gasteiger partial charge is 0.454 e. The first-order valence-corrected chi connectivity index (χ1v) is 5.22. The Morgan fingerprint density at radius 1 is 1.44 bits per heavy atom. The highest BCUT2D eigenvalue weighted by atomic mass is 79.9. The summed E-state index contributed by atoms with van der Waals surface area (Å²) in [5.41, 5.74) is 11.2. The van der Waals surface area contributed by atoms with Gasteiger partial charge in [-0.05, 0) is 28.1 Å². The molecule has 6 nitrogen and oxygen atoms in total. The van der Waals surface area contributed by atoms with E-state index in [-0.39, 0.29) is 12.8 Å². The van der Waals surface area contributed by atoms with E-state index < -0.39 is 0 Å². The molecule has 1 aromatic carbocycles. The molecule has 1 aliphatic heterocycles. The number of nitrogens with one attached hydrogen (secondary N) is 1. The quantitative estimate of drug-likeness (QED) is 0.364. The molecule has 0 atom stereocenters. The number of halogens is 1. The second kappa shape index (κ2) is 4.40. The fourth-order valence-corrected chi connectivity index (χ4v) is 1.83. The van der Waals surface area contributed by atoms with Gasteiger partial charge in [-0.3, -0.25) is 0 Å². The standard InChI is InChI=1S/C9H9BrN4O2/c10-6-1-5(3-13-14-9(11)12)2-7-8(6)16-4-15-7/h1-3H,4H2,(H4,11,12,14)/p+1/b13-3+. The molecule has 1 heterocycles. The maximum Gasteiger partial charge on any atom is 0.256 e. The maximum atomic E-state index is 5.26. The van der Waals surface area contributed by atoms with Gasteiger partial charge in [-0.25, -0.2) is 0 Å². The molecule has 0 amide bonds. The second-order valence-corrected chi connectivity index (χ2v) is 3.90. The number of hydrogen-bond donors (Lipinski definition) is 3. The molecule has 5 N–H and O–H groups in total. The first kappa shape index (κ1) is 10.7. The topological polar surface area (TPSA) is 96.8 Å². The highest BCUT2D eigenvalue weighted by Crippen LogP contribution is 2.39. The summed E-state index contributed by atoms with van der Waals surface area (Å²) in [5.74, 6) is 1.36. The number of hydrogen-bond acceptors (Lipinski definition) is 3. The number of nitrogens with two attached hydrogens (primary N) is 2. The summed E-state index contributed by atoms with van der Waals surface area (Å²) in [4.78, 5) is 0. The Morgan fingerprint density at radius 2 is 2.25 bits per heavy atom. The van der Waals surface area contributed by atoms with Crippen LogP contribution in [0, 0.1) is 0 Å². The Labute approximate surface area is 100 Å². The van der Waals surface area contributed by atoms with E-state index in [9.17, 15) is 0 Å². The van der Waals surface area contributed by atoms with Crippen LogP contribution in [0.3, 0.4) is 0 Å². The number of hydrazone groups is 1. The van der Waals surface area contributed by atoms with Crippen molar-refractivity contribution in [2.75, 3.05) is 6.79 Å². The predicted molar refractivity (Wildman–Crippen MR) is 62.2 cm³/mol. The average Bonchev–Trinajstić information content (AvgIpc) is 2.65. The van der Waals surface area contributed by atoms with Crippen LogP contribution in [-0.4, -0.2) is 19.0 Å². The lowest BCUT2D eigenvalue weighted by atomic mass is 10.2. The van der Waals surface area contributed by atoms with Crippen molar-refractivity contribution in [2.45, 2.75) is 0 Å². The molecule has 0 aliphatic carbocycles. The molecule has 2 rings (SSSR count). The third-order valence-corrected chi connectivity index (χ3v) is 2.46. The highest BCUT2D eigenvalue weighted by molar-refractivity contribution is 9.10. The van der Waals surface area contributed by atoms with Crippen molar-refractivity contribution in [1.29, 1.82) is 0 Å². The molecule has 0 unspecified atom stereocenters. The van der Waals surface area contributed by atoms with Crippen LogP contribution in [0.2, 0.25) is 0 Å². The fourth-order valence-electron chi connectivity index (χ4n) is 1.25. The van der Waals surface area contributed by atoms with Crippen molar-refractivity contribution in [3.05, 3.63) is 22.2 Å². The van der Waals surface area contributed by atoms with Crippen LogP contribution in [-0.2, 0) is 0 Å². The van der Waals surface area contributed by atoms with E-state index in [0.29, 0.717) is 11.5 Å². The van der Waals surface area contributed by atoms with E-state index >= 15 is 0 Å². The molecule has 0 radical (unpaired) electrons. The second-order valence-electron chi connectivity index (χ2n) is 3.05. The van der Waals surface area contributed by atoms with Crippen LogP contribution in [0.4, 0.5) is 0 Å². The van der Waals surface area contributed by atoms with Crippen molar-refractivity contribution in [2.24, 2.45) is 16.6 Å². The third-order valence-electron chi connectivity index (χ3n) is 1.87. The minimum atomic E-state index is -0.0314. The molecule has 0 fully saturated rings. The van der Waals surface area contributed by atoms with Gasteiger partial charge in [0.05, 0.1) is 4.47 Å². The van der Waals surface area contributed by atoms with Crippen molar-refractivity contribution in [3.8, 4) is 11.5 Å². The van der Waals surface area contributed by atoms with E-state index in [0.717, 1.165) is 10.0 Å². The first-order valence-electron chi connectivity index (χ1n) is 4.43. The first-order chi connectivity index (χ1) is 7.66. The highest BCUT2D eigenvalue weighted by Gasteiger charge is 2.17. The molecule has 16 heavy (non-hydrogen) atoms. The van der Waals surface area contributed by atoms with E-state index in [4.69, 9.17) is 20.9 Å². The van der Waals surface area contributed by atoms with Gasteiger partial charge in [0.25, 0.3) is 5.96 Å². The van der Waals surface area contributed by atoms with Gasteiger partial charge in [0.1, 0.15) is 0 Å². The lowest BCUT2D eigenvalue weighted by Crippen LogP contribution is -2.63. The molecular formula is C9H10BrN4O2+. The Bertz CT molecular complexity index is 469. The zero-order valence-electron chi connectivity index (χ0n) is 8.24. The van der Waals surface area contributed by atoms with Crippen LogP contribution >= 0.6 is 15.9 Å². The molecule has 7 heteroatoms. The van der Waals surface area contributed by atoms with Gasteiger partial charge in [0.15, 0.2) is 11.5 Å². The number of nitrogens with zero attached hydrogens (tertiary/aromatic N) is 1. The molecule has 1 aromatic rings. The van der Waals surface area contributed by atoms with E-state index in [1.54, 1.807) is 6.21 Å². The van der Waals surface area contributed by atoms with Crippen molar-refractivity contribution < 1.29 is 14.6 Å². The molecule has 0 aromatic heterocycles. The van der Waals surface area contributed by atoms with E-state index in [1.807, 2.05) is 12.1 Å². The Morgan fingerprint density at radius 3 is 3.00 bits per heavy atom. The Balaban J connectivity index is 2.27. The number of ether oxygens (including phenoxy) is 2. The normalized spacial score (nSPS) is 13.1. The maximum absolute atomic E-state index is 5.26. The van der Waals surface area contributed by atoms with Crippen LogP contribution < -0.4 is 26.0 Å². The van der Waals surface area contributed by atoms with E-state index in [2.05, 4.69) is 26.1 Å². The van der Waals surface area contributed by atoms with Crippen molar-refractivity contribution in [3.63, 3.8) is 0 Å². The summed E-state index contributed by atoms with van der Waals surface area (Å²) >= 11 is 3.38. The summed E-state index contributed by atoms with van der Waals surface area (Å²) in [7, 11) is 0. The predicted octanol–water partition coefficient (Wildman–Crippen LogP) is -1.13. The fraction of sp³-hybridized carbons (Fsp3) is 0.111. The summed E-state index contributed by atoms with van der Waals surface area (Å²) in [6, 6.07) is 3.69. The summed E-state index contributed by atoms with van der Waals surface area (Å²) in [5, 5.41) is 6.24. The van der Waals surface area contributed by atoms with Gasteiger partial charge in [0.2, 0.25) is 13.0 Å². The number of fused-ring (bicyclic) bond motifs is 1. The summed E-state index contributed by atoms with van der Waals surface area (Å²) in [6.07, 6.45) is 1.65. The molecule has 0 saturated heterocycles. The smallest absolute Gasteiger partial charge is 0.256 e. The van der Waals surface area contributed by atoms with Crippen LogP contribution in [0.1, 0.15) is 5.56 Å². The summed E-state index contributed by atoms with van der Waals surface area (Å²) < 4.78 is 11.3. The number of guanidine groups is 1. The van der Waals surface area contributed by atoms with Gasteiger partial charge in [-0.2, -0.15) is 0 Å². The van der Waals surface area contributed by atoms with Crippen LogP contribution in [0.15, 0.2) is 21.7 Å². The van der Waals surface area contributed by atoms with Gasteiger partial charge < -0.3 is 20.9 Å². The van der Waals surface area contributed by atoms with Gasteiger partial charge in [0, 0.05) is 10.7 Å². The molecule has 0 spiro atoms. The molecule has 1 aliphatic rings. The zero-order chi connectivity index (χ0) is 11.5. The monoisotopic (exact) mass is 285 g/mol. The lowest BCUT2D eigenvalue weighted by molar-refractivity contribution is -0.456. The zero-order valence-corrected chi connectivity index (χ0v) is 9.82. The molecular weight excluding hydrogens is 276 g/mol. The van der Waals surface area contributed by atoms with Gasteiger partial charge in [-0.15, -0.1) is 5.10 Å². The average molecular weight is 286 g/mol. The number of rotatable bonds is 2. The SMILES string of the molecule is NC(N)=N/[NH+]=C/c1cc(Br)c2c(c1)OCO2. The number of benzene rings is 1.